The molecule has 1 rings (SSSR count). The Morgan fingerprint density at radius 3 is 2.29 bits per heavy atom. The van der Waals surface area contributed by atoms with Crippen LogP contribution in [0.2, 0.25) is 0 Å². The highest BCUT2D eigenvalue weighted by Gasteiger charge is 2.30. The van der Waals surface area contributed by atoms with E-state index in [1.807, 2.05) is 13.8 Å². The lowest BCUT2D eigenvalue weighted by Gasteiger charge is -2.15. The van der Waals surface area contributed by atoms with Crippen molar-refractivity contribution in [1.29, 1.82) is 0 Å². The van der Waals surface area contributed by atoms with E-state index in [9.17, 15) is 13.2 Å². The van der Waals surface area contributed by atoms with Crippen LogP contribution < -0.4 is 0 Å². The summed E-state index contributed by atoms with van der Waals surface area (Å²) in [4.78, 5) is 0. The number of halogens is 5. The molecule has 0 amide bonds. The Kier molecular flexibility index (Phi) is 4.90. The molecular weight excluding hydrogens is 316 g/mol. The maximum atomic E-state index is 12.4. The van der Waals surface area contributed by atoms with Gasteiger partial charge < -0.3 is 0 Å². The molecule has 0 aromatic heterocycles. The first kappa shape index (κ1) is 14.8. The molecule has 1 aromatic rings. The Hall–Kier alpha value is -0.220. The molecule has 96 valence electrons. The molecule has 0 heterocycles. The van der Waals surface area contributed by atoms with Crippen LogP contribution in [0.5, 0.6) is 0 Å². The molecule has 0 aliphatic carbocycles. The van der Waals surface area contributed by atoms with Crippen molar-refractivity contribution in [2.45, 2.75) is 31.8 Å². The first-order valence-electron chi connectivity index (χ1n) is 5.21. The smallest absolute Gasteiger partial charge is 0.166 e. The molecule has 0 aliphatic heterocycles. The molecule has 0 saturated heterocycles. The zero-order chi connectivity index (χ0) is 13.2. The van der Waals surface area contributed by atoms with Crippen molar-refractivity contribution in [3.05, 3.63) is 33.8 Å². The van der Waals surface area contributed by atoms with Gasteiger partial charge in [0.05, 0.1) is 5.56 Å². The molecule has 0 bridgehead atoms. The summed E-state index contributed by atoms with van der Waals surface area (Å²) in [5, 5.41) is -0.0805. The van der Waals surface area contributed by atoms with Crippen molar-refractivity contribution in [1.82, 2.24) is 0 Å². The maximum Gasteiger partial charge on any atom is 0.416 e. The summed E-state index contributed by atoms with van der Waals surface area (Å²) in [6, 6.07) is 3.66. The Labute approximate surface area is 112 Å². The highest BCUT2D eigenvalue weighted by molar-refractivity contribution is 9.10. The first-order valence-corrected chi connectivity index (χ1v) is 6.44. The average Bonchev–Trinajstić information content (AvgIpc) is 2.19. The largest absolute Gasteiger partial charge is 0.416 e. The van der Waals surface area contributed by atoms with E-state index >= 15 is 0 Å². The average molecular weight is 330 g/mol. The second-order valence-electron chi connectivity index (χ2n) is 4.27. The van der Waals surface area contributed by atoms with Crippen molar-refractivity contribution in [3.63, 3.8) is 0 Å². The van der Waals surface area contributed by atoms with Gasteiger partial charge in [-0.15, -0.1) is 11.6 Å². The summed E-state index contributed by atoms with van der Waals surface area (Å²) >= 11 is 9.27. The molecule has 0 radical (unpaired) electrons. The molecule has 0 N–H and O–H groups in total. The van der Waals surface area contributed by atoms with Crippen molar-refractivity contribution in [2.24, 2.45) is 5.92 Å². The minimum absolute atomic E-state index is 0.0805. The fourth-order valence-corrected chi connectivity index (χ4v) is 2.04. The van der Waals surface area contributed by atoms with E-state index < -0.39 is 11.7 Å². The quantitative estimate of drug-likeness (QED) is 0.662. The Morgan fingerprint density at radius 1 is 1.29 bits per heavy atom. The van der Waals surface area contributed by atoms with Gasteiger partial charge in [-0.3, -0.25) is 0 Å². The van der Waals surface area contributed by atoms with E-state index in [1.165, 1.54) is 6.07 Å². The van der Waals surface area contributed by atoms with Crippen LogP contribution >= 0.6 is 27.5 Å². The van der Waals surface area contributed by atoms with E-state index in [1.54, 1.807) is 0 Å². The third-order valence-electron chi connectivity index (χ3n) is 2.52. The standard InChI is InChI=1S/C12H13BrClF3/c1-7(2)11(14)5-8-3-4-9(6-10(8)13)12(15,16)17/h3-4,6-7,11H,5H2,1-2H3. The molecular formula is C12H13BrClF3. The number of hydrogen-bond acceptors (Lipinski definition) is 0. The van der Waals surface area contributed by atoms with Crippen molar-refractivity contribution in [3.8, 4) is 0 Å². The SMILES string of the molecule is CC(C)C(Cl)Cc1ccc(C(F)(F)F)cc1Br. The van der Waals surface area contributed by atoms with E-state index in [0.717, 1.165) is 17.7 Å². The van der Waals surface area contributed by atoms with Crippen LogP contribution in [-0.4, -0.2) is 5.38 Å². The van der Waals surface area contributed by atoms with Crippen LogP contribution in [0.3, 0.4) is 0 Å². The zero-order valence-corrected chi connectivity index (χ0v) is 11.8. The van der Waals surface area contributed by atoms with Crippen molar-refractivity contribution >= 4 is 27.5 Å². The van der Waals surface area contributed by atoms with E-state index in [4.69, 9.17) is 11.6 Å². The highest BCUT2D eigenvalue weighted by atomic mass is 79.9. The van der Waals surface area contributed by atoms with E-state index in [0.29, 0.717) is 10.9 Å². The van der Waals surface area contributed by atoms with Crippen LogP contribution in [-0.2, 0) is 12.6 Å². The predicted molar refractivity (Wildman–Crippen MR) is 67.3 cm³/mol. The van der Waals surface area contributed by atoms with Crippen LogP contribution in [0.1, 0.15) is 25.0 Å². The Morgan fingerprint density at radius 2 is 1.88 bits per heavy atom. The summed E-state index contributed by atoms with van der Waals surface area (Å²) in [5.74, 6) is 0.283. The van der Waals surface area contributed by atoms with Crippen LogP contribution in [0.25, 0.3) is 0 Å². The summed E-state index contributed by atoms with van der Waals surface area (Å²) in [6.45, 7) is 3.96. The Balaban J connectivity index is 2.91. The van der Waals surface area contributed by atoms with Crippen LogP contribution in [0.15, 0.2) is 22.7 Å². The van der Waals surface area contributed by atoms with Gasteiger partial charge in [0, 0.05) is 9.85 Å². The highest BCUT2D eigenvalue weighted by Crippen LogP contribution is 2.33. The lowest BCUT2D eigenvalue weighted by molar-refractivity contribution is -0.137. The van der Waals surface area contributed by atoms with Gasteiger partial charge >= 0.3 is 6.18 Å². The van der Waals surface area contributed by atoms with Crippen molar-refractivity contribution < 1.29 is 13.2 Å². The fraction of sp³-hybridized carbons (Fsp3) is 0.500. The Bertz CT molecular complexity index is 388. The lowest BCUT2D eigenvalue weighted by atomic mass is 10.0. The topological polar surface area (TPSA) is 0 Å². The fourth-order valence-electron chi connectivity index (χ4n) is 1.33. The summed E-state index contributed by atoms with van der Waals surface area (Å²) in [7, 11) is 0. The number of alkyl halides is 4. The number of rotatable bonds is 3. The minimum Gasteiger partial charge on any atom is -0.166 e. The second kappa shape index (κ2) is 5.61. The molecule has 0 aliphatic rings. The number of benzene rings is 1. The van der Waals surface area contributed by atoms with Crippen molar-refractivity contribution in [2.75, 3.05) is 0 Å². The third kappa shape index (κ3) is 4.18. The van der Waals surface area contributed by atoms with Gasteiger partial charge in [0.15, 0.2) is 0 Å². The molecule has 0 nitrogen and oxygen atoms in total. The predicted octanol–water partition coefficient (Wildman–Crippen LogP) is 5.27. The summed E-state index contributed by atoms with van der Waals surface area (Å²) in [6.07, 6.45) is -3.75. The monoisotopic (exact) mass is 328 g/mol. The van der Waals surface area contributed by atoms with Gasteiger partial charge in [0.25, 0.3) is 0 Å². The summed E-state index contributed by atoms with van der Waals surface area (Å²) < 4.78 is 37.8. The van der Waals surface area contributed by atoms with Gasteiger partial charge in [0.1, 0.15) is 0 Å². The zero-order valence-electron chi connectivity index (χ0n) is 9.48. The lowest BCUT2D eigenvalue weighted by Crippen LogP contribution is -2.12. The molecule has 5 heteroatoms. The third-order valence-corrected chi connectivity index (χ3v) is 3.92. The molecule has 0 spiro atoms. The van der Waals surface area contributed by atoms with E-state index in [2.05, 4.69) is 15.9 Å². The molecule has 1 aromatic carbocycles. The molecule has 1 unspecified atom stereocenters. The number of hydrogen-bond donors (Lipinski definition) is 0. The van der Waals surface area contributed by atoms with Crippen LogP contribution in [0.4, 0.5) is 13.2 Å². The van der Waals surface area contributed by atoms with Gasteiger partial charge in [0.2, 0.25) is 0 Å². The molecule has 1 atom stereocenters. The van der Waals surface area contributed by atoms with Gasteiger partial charge in [-0.1, -0.05) is 35.8 Å². The summed E-state index contributed by atoms with van der Waals surface area (Å²) in [5.41, 5.74) is 0.149. The van der Waals surface area contributed by atoms with Crippen LogP contribution in [0, 0.1) is 5.92 Å². The van der Waals surface area contributed by atoms with Gasteiger partial charge in [-0.25, -0.2) is 0 Å². The van der Waals surface area contributed by atoms with E-state index in [-0.39, 0.29) is 11.3 Å². The minimum atomic E-state index is -4.31. The molecule has 0 saturated carbocycles. The van der Waals surface area contributed by atoms with Gasteiger partial charge in [-0.2, -0.15) is 13.2 Å². The first-order chi connectivity index (χ1) is 7.71. The second-order valence-corrected chi connectivity index (χ2v) is 5.68. The van der Waals surface area contributed by atoms with Gasteiger partial charge in [-0.05, 0) is 30.0 Å². The molecule has 17 heavy (non-hydrogen) atoms. The molecule has 0 fully saturated rings. The normalized spacial score (nSPS) is 14.1. The maximum absolute atomic E-state index is 12.4.